The normalized spacial score (nSPS) is 11.9. The third kappa shape index (κ3) is 5.94. The number of aryl methyl sites for hydroxylation is 1. The van der Waals surface area contributed by atoms with E-state index in [4.69, 9.17) is 0 Å². The van der Waals surface area contributed by atoms with Crippen LogP contribution in [0.25, 0.3) is 11.1 Å². The molecule has 5 heteroatoms. The van der Waals surface area contributed by atoms with Gasteiger partial charge in [-0.3, -0.25) is 9.78 Å². The summed E-state index contributed by atoms with van der Waals surface area (Å²) in [6.45, 7) is 0.536. The Morgan fingerprint density at radius 2 is 1.71 bits per heavy atom. The number of ketones is 1. The van der Waals surface area contributed by atoms with Crippen LogP contribution in [0.15, 0.2) is 84.0 Å². The number of carbonyl (C=O) groups is 1. The molecule has 2 aromatic carbocycles. The highest BCUT2D eigenvalue weighted by Gasteiger charge is 2.11. The predicted octanol–water partition coefficient (Wildman–Crippen LogP) is 4.34. The first-order valence-electron chi connectivity index (χ1n) is 9.44. The van der Waals surface area contributed by atoms with Crippen LogP contribution < -0.4 is 4.72 Å². The van der Waals surface area contributed by atoms with E-state index in [9.17, 15) is 9.00 Å². The maximum absolute atomic E-state index is 12.7. The van der Waals surface area contributed by atoms with Crippen molar-refractivity contribution in [3.05, 3.63) is 84.7 Å². The van der Waals surface area contributed by atoms with Crippen molar-refractivity contribution in [3.63, 3.8) is 0 Å². The maximum atomic E-state index is 12.7. The summed E-state index contributed by atoms with van der Waals surface area (Å²) in [4.78, 5) is 16.9. The van der Waals surface area contributed by atoms with Gasteiger partial charge >= 0.3 is 0 Å². The predicted molar refractivity (Wildman–Crippen MR) is 113 cm³/mol. The summed E-state index contributed by atoms with van der Waals surface area (Å²) in [5.41, 5.74) is 3.08. The molecule has 1 atom stereocenters. The van der Waals surface area contributed by atoms with E-state index in [1.807, 2.05) is 66.7 Å². The largest absolute Gasteiger partial charge is 0.300 e. The van der Waals surface area contributed by atoms with Gasteiger partial charge in [-0.15, -0.1) is 0 Å². The first-order chi connectivity index (χ1) is 13.7. The topological polar surface area (TPSA) is 59.1 Å². The molecule has 3 aromatic rings. The Bertz CT molecular complexity index is 914. The van der Waals surface area contributed by atoms with Crippen molar-refractivity contribution in [1.82, 2.24) is 9.71 Å². The van der Waals surface area contributed by atoms with Gasteiger partial charge in [0.25, 0.3) is 0 Å². The van der Waals surface area contributed by atoms with Gasteiger partial charge in [-0.2, -0.15) is 0 Å². The van der Waals surface area contributed by atoms with Crippen molar-refractivity contribution in [1.29, 1.82) is 0 Å². The standard InChI is InChI=1S/C23H24N2O2S/c26-21(15-14-19-8-6-16-24-18-19)11-7-17-25-28(27)23-13-5-4-12-22(23)20-9-2-1-3-10-20/h1-6,8-10,12-13,16,18,25H,7,11,14-15,17H2. The van der Waals surface area contributed by atoms with Gasteiger partial charge in [-0.05, 0) is 41.7 Å². The Labute approximate surface area is 168 Å². The molecular formula is C23H24N2O2S. The number of hydrogen-bond acceptors (Lipinski definition) is 3. The quantitative estimate of drug-likeness (QED) is 0.522. The summed E-state index contributed by atoms with van der Waals surface area (Å²) in [6, 6.07) is 21.5. The minimum Gasteiger partial charge on any atom is -0.300 e. The van der Waals surface area contributed by atoms with E-state index in [0.717, 1.165) is 28.0 Å². The molecule has 28 heavy (non-hydrogen) atoms. The molecule has 144 valence electrons. The van der Waals surface area contributed by atoms with Crippen LogP contribution in [0.4, 0.5) is 0 Å². The van der Waals surface area contributed by atoms with Crippen molar-refractivity contribution in [2.45, 2.75) is 30.6 Å². The van der Waals surface area contributed by atoms with Crippen LogP contribution in [-0.2, 0) is 22.2 Å². The van der Waals surface area contributed by atoms with Gasteiger partial charge in [0.2, 0.25) is 0 Å². The minimum absolute atomic E-state index is 0.223. The SMILES string of the molecule is O=C(CCCNS(=O)c1ccccc1-c1ccccc1)CCc1cccnc1. The number of Topliss-reactive ketones (excluding diaryl/α,β-unsaturated/α-hetero) is 1. The molecule has 1 N–H and O–H groups in total. The van der Waals surface area contributed by atoms with Crippen LogP contribution in [-0.4, -0.2) is 21.5 Å². The average Bonchev–Trinajstić information content (AvgIpc) is 2.76. The number of rotatable bonds is 10. The molecule has 0 fully saturated rings. The number of carbonyl (C=O) groups excluding carboxylic acids is 1. The molecule has 0 aliphatic heterocycles. The summed E-state index contributed by atoms with van der Waals surface area (Å²) in [6.07, 6.45) is 5.92. The smallest absolute Gasteiger partial charge is 0.133 e. The maximum Gasteiger partial charge on any atom is 0.133 e. The molecule has 0 aliphatic rings. The van der Waals surface area contributed by atoms with Crippen molar-refractivity contribution in [3.8, 4) is 11.1 Å². The lowest BCUT2D eigenvalue weighted by Crippen LogP contribution is -2.20. The van der Waals surface area contributed by atoms with E-state index in [0.29, 0.717) is 25.8 Å². The third-order valence-electron chi connectivity index (χ3n) is 4.45. The van der Waals surface area contributed by atoms with Crippen molar-refractivity contribution < 1.29 is 9.00 Å². The van der Waals surface area contributed by atoms with Crippen LogP contribution in [0, 0.1) is 0 Å². The molecule has 0 aliphatic carbocycles. The second-order valence-electron chi connectivity index (χ2n) is 6.53. The van der Waals surface area contributed by atoms with E-state index < -0.39 is 11.0 Å². The van der Waals surface area contributed by atoms with Crippen molar-refractivity contribution in [2.75, 3.05) is 6.54 Å². The zero-order valence-electron chi connectivity index (χ0n) is 15.7. The van der Waals surface area contributed by atoms with Gasteiger partial charge in [0.1, 0.15) is 16.8 Å². The van der Waals surface area contributed by atoms with Crippen LogP contribution in [0.2, 0.25) is 0 Å². The fraction of sp³-hybridized carbons (Fsp3) is 0.217. The summed E-state index contributed by atoms with van der Waals surface area (Å²) in [7, 11) is -1.31. The minimum atomic E-state index is -1.31. The summed E-state index contributed by atoms with van der Waals surface area (Å²) >= 11 is 0. The lowest BCUT2D eigenvalue weighted by Gasteiger charge is -2.10. The molecule has 1 aromatic heterocycles. The molecular weight excluding hydrogens is 368 g/mol. The molecule has 1 heterocycles. The zero-order valence-corrected chi connectivity index (χ0v) is 16.5. The third-order valence-corrected chi connectivity index (χ3v) is 5.67. The van der Waals surface area contributed by atoms with Crippen molar-refractivity contribution >= 4 is 16.8 Å². The molecule has 4 nitrogen and oxygen atoms in total. The molecule has 0 saturated carbocycles. The average molecular weight is 393 g/mol. The van der Waals surface area contributed by atoms with Gasteiger partial charge in [0, 0.05) is 31.8 Å². The Balaban J connectivity index is 1.46. The Kier molecular flexibility index (Phi) is 7.64. The highest BCUT2D eigenvalue weighted by Crippen LogP contribution is 2.25. The van der Waals surface area contributed by atoms with E-state index in [1.165, 1.54) is 0 Å². The van der Waals surface area contributed by atoms with E-state index >= 15 is 0 Å². The highest BCUT2D eigenvalue weighted by molar-refractivity contribution is 7.83. The number of pyridine rings is 1. The second-order valence-corrected chi connectivity index (χ2v) is 7.79. The van der Waals surface area contributed by atoms with Gasteiger partial charge in [-0.25, -0.2) is 8.93 Å². The van der Waals surface area contributed by atoms with Crippen LogP contribution >= 0.6 is 0 Å². The Morgan fingerprint density at radius 1 is 0.929 bits per heavy atom. The Morgan fingerprint density at radius 3 is 2.50 bits per heavy atom. The van der Waals surface area contributed by atoms with Gasteiger partial charge in [0.05, 0.1) is 4.90 Å². The molecule has 3 rings (SSSR count). The number of hydrogen-bond donors (Lipinski definition) is 1. The van der Waals surface area contributed by atoms with Crippen molar-refractivity contribution in [2.24, 2.45) is 0 Å². The lowest BCUT2D eigenvalue weighted by molar-refractivity contribution is -0.119. The van der Waals surface area contributed by atoms with Gasteiger partial charge in [-0.1, -0.05) is 54.6 Å². The van der Waals surface area contributed by atoms with E-state index in [1.54, 1.807) is 12.4 Å². The van der Waals surface area contributed by atoms with E-state index in [-0.39, 0.29) is 5.78 Å². The van der Waals surface area contributed by atoms with Crippen LogP contribution in [0.3, 0.4) is 0 Å². The van der Waals surface area contributed by atoms with Gasteiger partial charge in [0.15, 0.2) is 0 Å². The number of nitrogens with zero attached hydrogens (tertiary/aromatic N) is 1. The summed E-state index contributed by atoms with van der Waals surface area (Å²) < 4.78 is 15.8. The van der Waals surface area contributed by atoms with Gasteiger partial charge < -0.3 is 0 Å². The van der Waals surface area contributed by atoms with Crippen LogP contribution in [0.1, 0.15) is 24.8 Å². The lowest BCUT2D eigenvalue weighted by atomic mass is 10.1. The fourth-order valence-electron chi connectivity index (χ4n) is 2.97. The van der Waals surface area contributed by atoms with Crippen LogP contribution in [0.5, 0.6) is 0 Å². The second kappa shape index (κ2) is 10.6. The molecule has 0 bridgehead atoms. The zero-order chi connectivity index (χ0) is 19.6. The molecule has 0 amide bonds. The number of benzene rings is 2. The Hall–Kier alpha value is -2.63. The summed E-state index contributed by atoms with van der Waals surface area (Å²) in [5, 5.41) is 0. The highest BCUT2D eigenvalue weighted by atomic mass is 32.2. The molecule has 0 saturated heterocycles. The van der Waals surface area contributed by atoms with E-state index in [2.05, 4.69) is 9.71 Å². The molecule has 0 spiro atoms. The first-order valence-corrected chi connectivity index (χ1v) is 10.6. The summed E-state index contributed by atoms with van der Waals surface area (Å²) in [5.74, 6) is 0.223. The number of aromatic nitrogens is 1. The molecule has 1 unspecified atom stereocenters. The number of nitrogens with one attached hydrogen (secondary N) is 1. The molecule has 0 radical (unpaired) electrons. The fourth-order valence-corrected chi connectivity index (χ4v) is 4.04. The monoisotopic (exact) mass is 392 g/mol. The first kappa shape index (κ1) is 20.1.